The maximum Gasteiger partial charge on any atom is 0.271 e. The number of pyridine rings is 1. The summed E-state index contributed by atoms with van der Waals surface area (Å²) in [6.45, 7) is 0. The van der Waals surface area contributed by atoms with Crippen LogP contribution in [0.1, 0.15) is 10.4 Å². The Hall–Kier alpha value is -1.95. The highest BCUT2D eigenvalue weighted by atomic mass is 79.9. The van der Waals surface area contributed by atoms with Crippen LogP contribution in [0.4, 0.5) is 11.4 Å². The number of aromatic nitrogens is 1. The van der Waals surface area contributed by atoms with Crippen LogP contribution in [0.15, 0.2) is 66.1 Å². The summed E-state index contributed by atoms with van der Waals surface area (Å²) >= 11 is 7.41. The van der Waals surface area contributed by atoms with Gasteiger partial charge in [-0.1, -0.05) is 0 Å². The summed E-state index contributed by atoms with van der Waals surface area (Å²) in [4.78, 5) is 26.9. The minimum absolute atomic E-state index is 0.0995. The van der Waals surface area contributed by atoms with Gasteiger partial charge in [0.25, 0.3) is 15.9 Å². The van der Waals surface area contributed by atoms with Gasteiger partial charge in [-0.2, -0.15) is 0 Å². The Morgan fingerprint density at radius 3 is 2.37 bits per heavy atom. The fraction of sp³-hybridized carbons (Fsp3) is 0. The molecule has 1 amide bonds. The molecule has 7 nitrogen and oxygen atoms in total. The number of amides is 1. The van der Waals surface area contributed by atoms with Crippen LogP contribution in [-0.2, 0) is 10.0 Å². The lowest BCUT2D eigenvalue weighted by Crippen LogP contribution is -2.19. The molecule has 3 aromatic rings. The lowest BCUT2D eigenvalue weighted by atomic mass is 10.2. The van der Waals surface area contributed by atoms with E-state index in [4.69, 9.17) is 0 Å². The van der Waals surface area contributed by atoms with E-state index in [-0.39, 0.29) is 20.9 Å². The molecule has 11 heteroatoms. The molecule has 2 heterocycles. The average molecular weight is 533 g/mol. The van der Waals surface area contributed by atoms with E-state index in [0.29, 0.717) is 13.9 Å². The smallest absolute Gasteiger partial charge is 0.271 e. The highest BCUT2D eigenvalue weighted by molar-refractivity contribution is 9.11. The Labute approximate surface area is 175 Å². The average Bonchev–Trinajstić information content (AvgIpc) is 3.07. The molecule has 0 aliphatic heterocycles. The molecule has 27 heavy (non-hydrogen) atoms. The Morgan fingerprint density at radius 2 is 1.74 bits per heavy atom. The zero-order valence-electron chi connectivity index (χ0n) is 13.3. The van der Waals surface area contributed by atoms with Crippen molar-refractivity contribution in [1.82, 2.24) is 4.98 Å². The van der Waals surface area contributed by atoms with E-state index in [0.717, 1.165) is 11.3 Å². The highest BCUT2D eigenvalue weighted by Crippen LogP contribution is 2.27. The second kappa shape index (κ2) is 7.97. The van der Waals surface area contributed by atoms with Crippen molar-refractivity contribution in [3.63, 3.8) is 0 Å². The molecule has 0 spiro atoms. The van der Waals surface area contributed by atoms with Gasteiger partial charge in [0.05, 0.1) is 8.26 Å². The van der Waals surface area contributed by atoms with Crippen LogP contribution in [0.2, 0.25) is 0 Å². The number of rotatable bonds is 5. The summed E-state index contributed by atoms with van der Waals surface area (Å²) in [5, 5.41) is 2.51. The van der Waals surface area contributed by atoms with Crippen molar-refractivity contribution >= 4 is 70.5 Å². The van der Waals surface area contributed by atoms with E-state index in [1.807, 2.05) is 0 Å². The zero-order chi connectivity index (χ0) is 19.6. The second-order valence-electron chi connectivity index (χ2n) is 5.24. The Morgan fingerprint density at radius 1 is 1.04 bits per heavy atom. The molecule has 1 aromatic carbocycles. The molecular formula is C16H11Br2N3O4S2. The highest BCUT2D eigenvalue weighted by Gasteiger charge is 2.17. The number of carbonyl (C=O) groups is 1. The van der Waals surface area contributed by atoms with Crippen molar-refractivity contribution in [3.8, 4) is 0 Å². The standard InChI is InChI=1S/C16H11Br2N3O4S2/c17-11-7-19-8-12(15(11)22)20-16(23)9-1-3-10(4-2-9)21-27(24,25)14-6-5-13(18)26-14/h1-8,21H,(H,19,22)(H,20,23). The third-order valence-electron chi connectivity index (χ3n) is 3.36. The van der Waals surface area contributed by atoms with Crippen molar-refractivity contribution in [2.45, 2.75) is 4.21 Å². The fourth-order valence-electron chi connectivity index (χ4n) is 2.08. The second-order valence-corrected chi connectivity index (χ2v) is 10.5. The first-order chi connectivity index (χ1) is 12.8. The van der Waals surface area contributed by atoms with Gasteiger partial charge in [-0.25, -0.2) is 8.42 Å². The first-order valence-electron chi connectivity index (χ1n) is 7.32. The molecular weight excluding hydrogens is 522 g/mol. The third kappa shape index (κ3) is 4.67. The number of nitrogens with one attached hydrogen (secondary N) is 3. The van der Waals surface area contributed by atoms with Gasteiger partial charge in [0, 0.05) is 23.6 Å². The maximum absolute atomic E-state index is 12.3. The van der Waals surface area contributed by atoms with Gasteiger partial charge in [0.2, 0.25) is 5.43 Å². The van der Waals surface area contributed by atoms with Crippen molar-refractivity contribution in [2.24, 2.45) is 0 Å². The summed E-state index contributed by atoms with van der Waals surface area (Å²) in [5.41, 5.74) is 0.337. The van der Waals surface area contributed by atoms with Crippen molar-refractivity contribution < 1.29 is 13.2 Å². The number of hydrogen-bond acceptors (Lipinski definition) is 5. The number of halogens is 2. The van der Waals surface area contributed by atoms with Crippen molar-refractivity contribution in [1.29, 1.82) is 0 Å². The van der Waals surface area contributed by atoms with E-state index < -0.39 is 15.9 Å². The Kier molecular flexibility index (Phi) is 5.84. The minimum Gasteiger partial charge on any atom is -0.365 e. The summed E-state index contributed by atoms with van der Waals surface area (Å²) in [6, 6.07) is 9.01. The van der Waals surface area contributed by atoms with Crippen LogP contribution in [0.25, 0.3) is 0 Å². The van der Waals surface area contributed by atoms with E-state index in [9.17, 15) is 18.0 Å². The monoisotopic (exact) mass is 531 g/mol. The van der Waals surface area contributed by atoms with Gasteiger partial charge in [-0.15, -0.1) is 11.3 Å². The van der Waals surface area contributed by atoms with Gasteiger partial charge in [0.15, 0.2) is 0 Å². The molecule has 0 atom stereocenters. The van der Waals surface area contributed by atoms with Gasteiger partial charge >= 0.3 is 0 Å². The number of benzene rings is 1. The topological polar surface area (TPSA) is 108 Å². The first-order valence-corrected chi connectivity index (χ1v) is 11.2. The van der Waals surface area contributed by atoms with Gasteiger partial charge < -0.3 is 10.3 Å². The van der Waals surface area contributed by atoms with Crippen LogP contribution in [0.5, 0.6) is 0 Å². The third-order valence-corrected chi connectivity index (χ3v) is 7.45. The number of H-pyrrole nitrogens is 1. The van der Waals surface area contributed by atoms with Crippen molar-refractivity contribution in [3.05, 3.63) is 72.8 Å². The molecule has 140 valence electrons. The molecule has 0 aliphatic rings. The van der Waals surface area contributed by atoms with Gasteiger partial charge in [0.1, 0.15) is 9.90 Å². The lowest BCUT2D eigenvalue weighted by Gasteiger charge is -2.08. The maximum atomic E-state index is 12.3. The van der Waals surface area contributed by atoms with Crippen LogP contribution in [0.3, 0.4) is 0 Å². The van der Waals surface area contributed by atoms with Crippen molar-refractivity contribution in [2.75, 3.05) is 10.0 Å². The number of anilines is 2. The normalized spacial score (nSPS) is 11.2. The Bertz CT molecular complexity index is 1150. The van der Waals surface area contributed by atoms with E-state index in [2.05, 4.69) is 46.9 Å². The fourth-order valence-corrected chi connectivity index (χ4v) is 5.50. The zero-order valence-corrected chi connectivity index (χ0v) is 18.1. The van der Waals surface area contributed by atoms with E-state index in [1.54, 1.807) is 6.07 Å². The van der Waals surface area contributed by atoms with Crippen LogP contribution in [-0.4, -0.2) is 19.3 Å². The molecule has 0 radical (unpaired) electrons. The first kappa shape index (κ1) is 19.8. The number of thiophene rings is 1. The number of hydrogen-bond donors (Lipinski definition) is 3. The van der Waals surface area contributed by atoms with E-state index in [1.165, 1.54) is 42.7 Å². The number of sulfonamides is 1. The van der Waals surface area contributed by atoms with Gasteiger partial charge in [-0.3, -0.25) is 14.3 Å². The van der Waals surface area contributed by atoms with Crippen LogP contribution < -0.4 is 15.5 Å². The molecule has 0 bridgehead atoms. The summed E-state index contributed by atoms with van der Waals surface area (Å²) in [6.07, 6.45) is 2.84. The van der Waals surface area contributed by atoms with E-state index >= 15 is 0 Å². The van der Waals surface area contributed by atoms with Crippen LogP contribution >= 0.6 is 43.2 Å². The van der Waals surface area contributed by atoms with Gasteiger partial charge in [-0.05, 0) is 68.3 Å². The SMILES string of the molecule is O=C(Nc1c[nH]cc(Br)c1=O)c1ccc(NS(=O)(=O)c2ccc(Br)s2)cc1. The molecule has 3 rings (SSSR count). The molecule has 0 saturated carbocycles. The predicted octanol–water partition coefficient (Wildman–Crippen LogP) is 4.01. The summed E-state index contributed by atoms with van der Waals surface area (Å²) in [5.74, 6) is -0.491. The number of carbonyl (C=O) groups excluding carboxylic acids is 1. The Balaban J connectivity index is 1.74. The summed E-state index contributed by atoms with van der Waals surface area (Å²) < 4.78 is 28.2. The predicted molar refractivity (Wildman–Crippen MR) is 112 cm³/mol. The lowest BCUT2D eigenvalue weighted by molar-refractivity contribution is 0.102. The molecule has 3 N–H and O–H groups in total. The molecule has 0 unspecified atom stereocenters. The quantitative estimate of drug-likeness (QED) is 0.461. The largest absolute Gasteiger partial charge is 0.365 e. The molecule has 0 fully saturated rings. The summed E-state index contributed by atoms with van der Waals surface area (Å²) in [7, 11) is -3.70. The molecule has 2 aromatic heterocycles. The minimum atomic E-state index is -3.70. The van der Waals surface area contributed by atoms with Crippen LogP contribution in [0, 0.1) is 0 Å². The molecule has 0 aliphatic carbocycles. The molecule has 0 saturated heterocycles. The number of aromatic amines is 1.